The minimum absolute atomic E-state index is 0.717. The van der Waals surface area contributed by atoms with Crippen molar-refractivity contribution in [2.75, 3.05) is 5.32 Å². The molecule has 0 radical (unpaired) electrons. The van der Waals surface area contributed by atoms with Crippen LogP contribution < -0.4 is 5.32 Å². The van der Waals surface area contributed by atoms with Crippen LogP contribution in [-0.4, -0.2) is 9.97 Å². The number of rotatable bonds is 3. The highest BCUT2D eigenvalue weighted by molar-refractivity contribution is 7.07. The summed E-state index contributed by atoms with van der Waals surface area (Å²) in [4.78, 5) is 8.76. The zero-order valence-corrected chi connectivity index (χ0v) is 9.95. The predicted molar refractivity (Wildman–Crippen MR) is 71.2 cm³/mol. The molecule has 0 amide bonds. The molecule has 3 nitrogen and oxygen atoms in total. The lowest BCUT2D eigenvalue weighted by Crippen LogP contribution is -2.01. The molecule has 1 aromatic carbocycles. The van der Waals surface area contributed by atoms with Crippen molar-refractivity contribution in [2.24, 2.45) is 0 Å². The van der Waals surface area contributed by atoms with E-state index in [1.807, 2.05) is 35.2 Å². The van der Waals surface area contributed by atoms with Crippen LogP contribution in [0.25, 0.3) is 10.9 Å². The van der Waals surface area contributed by atoms with E-state index >= 15 is 0 Å². The molecular weight excluding hydrogens is 230 g/mol. The van der Waals surface area contributed by atoms with Gasteiger partial charge in [-0.1, -0.05) is 18.2 Å². The minimum atomic E-state index is 0.717. The van der Waals surface area contributed by atoms with Crippen LogP contribution in [0.1, 0.15) is 5.69 Å². The van der Waals surface area contributed by atoms with Crippen molar-refractivity contribution in [2.45, 2.75) is 6.54 Å². The van der Waals surface area contributed by atoms with Gasteiger partial charge in [-0.2, -0.15) is 0 Å². The summed E-state index contributed by atoms with van der Waals surface area (Å²) in [5.74, 6) is 0.886. The van der Waals surface area contributed by atoms with E-state index in [4.69, 9.17) is 0 Å². The molecule has 3 rings (SSSR count). The number of fused-ring (bicyclic) bond motifs is 1. The van der Waals surface area contributed by atoms with E-state index in [2.05, 4.69) is 27.4 Å². The molecule has 0 saturated carbocycles. The second-order valence-electron chi connectivity index (χ2n) is 3.72. The fraction of sp³-hybridized carbons (Fsp3) is 0.0769. The molecule has 0 saturated heterocycles. The second kappa shape index (κ2) is 4.51. The van der Waals surface area contributed by atoms with E-state index in [1.165, 1.54) is 0 Å². The number of benzene rings is 1. The number of nitrogens with one attached hydrogen (secondary N) is 1. The molecule has 84 valence electrons. The summed E-state index contributed by atoms with van der Waals surface area (Å²) in [5.41, 5.74) is 3.89. The van der Waals surface area contributed by atoms with Gasteiger partial charge in [-0.25, -0.2) is 9.97 Å². The second-order valence-corrected chi connectivity index (χ2v) is 4.44. The zero-order chi connectivity index (χ0) is 11.5. The third kappa shape index (κ3) is 2.26. The molecule has 4 heteroatoms. The molecule has 0 spiro atoms. The first kappa shape index (κ1) is 10.2. The molecule has 0 aliphatic carbocycles. The van der Waals surface area contributed by atoms with Gasteiger partial charge in [-0.3, -0.25) is 0 Å². The van der Waals surface area contributed by atoms with Crippen molar-refractivity contribution in [3.8, 4) is 0 Å². The molecule has 2 aromatic heterocycles. The lowest BCUT2D eigenvalue weighted by Gasteiger charge is -2.04. The molecule has 3 aromatic rings. The Hall–Kier alpha value is -1.94. The van der Waals surface area contributed by atoms with Gasteiger partial charge < -0.3 is 5.32 Å². The molecular formula is C13H11N3S. The van der Waals surface area contributed by atoms with Crippen LogP contribution in [0.2, 0.25) is 0 Å². The Bertz CT molecular complexity index is 619. The zero-order valence-electron chi connectivity index (χ0n) is 9.13. The number of hydrogen-bond donors (Lipinski definition) is 1. The lowest BCUT2D eigenvalue weighted by molar-refractivity contribution is 1.06. The average molecular weight is 241 g/mol. The predicted octanol–water partition coefficient (Wildman–Crippen LogP) is 3.30. The van der Waals surface area contributed by atoms with Crippen LogP contribution in [0.15, 0.2) is 47.3 Å². The first-order valence-corrected chi connectivity index (χ1v) is 6.33. The van der Waals surface area contributed by atoms with E-state index in [-0.39, 0.29) is 0 Å². The first-order chi connectivity index (χ1) is 8.42. The van der Waals surface area contributed by atoms with Gasteiger partial charge in [0.1, 0.15) is 5.82 Å². The number of nitrogens with zero attached hydrogens (tertiary/aromatic N) is 2. The fourth-order valence-electron chi connectivity index (χ4n) is 1.67. The van der Waals surface area contributed by atoms with E-state index in [0.717, 1.165) is 29.0 Å². The summed E-state index contributed by atoms with van der Waals surface area (Å²) in [5, 5.41) is 6.47. The van der Waals surface area contributed by atoms with Crippen molar-refractivity contribution in [1.82, 2.24) is 9.97 Å². The highest BCUT2D eigenvalue weighted by Gasteiger charge is 1.98. The van der Waals surface area contributed by atoms with Gasteiger partial charge in [0.05, 0.1) is 23.3 Å². The van der Waals surface area contributed by atoms with E-state index in [1.54, 1.807) is 11.3 Å². The Morgan fingerprint density at radius 1 is 1.12 bits per heavy atom. The van der Waals surface area contributed by atoms with Crippen molar-refractivity contribution < 1.29 is 0 Å². The summed E-state index contributed by atoms with van der Waals surface area (Å²) >= 11 is 1.61. The first-order valence-electron chi connectivity index (χ1n) is 5.38. The van der Waals surface area contributed by atoms with Crippen molar-refractivity contribution in [3.63, 3.8) is 0 Å². The number of anilines is 1. The Kier molecular flexibility index (Phi) is 2.71. The Balaban J connectivity index is 1.81. The van der Waals surface area contributed by atoms with Gasteiger partial charge in [0.25, 0.3) is 0 Å². The van der Waals surface area contributed by atoms with Gasteiger partial charge in [0.2, 0.25) is 0 Å². The van der Waals surface area contributed by atoms with E-state index in [0.29, 0.717) is 0 Å². The molecule has 2 heterocycles. The average Bonchev–Trinajstić information content (AvgIpc) is 2.89. The van der Waals surface area contributed by atoms with E-state index in [9.17, 15) is 0 Å². The van der Waals surface area contributed by atoms with Crippen LogP contribution >= 0.6 is 11.3 Å². The summed E-state index contributed by atoms with van der Waals surface area (Å²) in [6.45, 7) is 0.717. The van der Waals surface area contributed by atoms with Crippen molar-refractivity contribution in [3.05, 3.63) is 53.0 Å². The highest BCUT2D eigenvalue weighted by atomic mass is 32.1. The maximum absolute atomic E-state index is 4.54. The van der Waals surface area contributed by atoms with Crippen LogP contribution in [0.3, 0.4) is 0 Å². The molecule has 0 atom stereocenters. The van der Waals surface area contributed by atoms with Crippen molar-refractivity contribution >= 4 is 28.1 Å². The van der Waals surface area contributed by atoms with Gasteiger partial charge in [0, 0.05) is 10.8 Å². The molecule has 0 unspecified atom stereocenters. The van der Waals surface area contributed by atoms with E-state index < -0.39 is 0 Å². The Morgan fingerprint density at radius 2 is 2.06 bits per heavy atom. The number of aromatic nitrogens is 2. The van der Waals surface area contributed by atoms with Crippen molar-refractivity contribution in [1.29, 1.82) is 0 Å². The highest BCUT2D eigenvalue weighted by Crippen LogP contribution is 2.15. The minimum Gasteiger partial charge on any atom is -0.364 e. The summed E-state index contributed by atoms with van der Waals surface area (Å²) in [6.07, 6.45) is 0. The quantitative estimate of drug-likeness (QED) is 0.764. The smallest absolute Gasteiger partial charge is 0.126 e. The molecule has 0 aliphatic rings. The number of pyridine rings is 1. The molecule has 0 fully saturated rings. The number of para-hydroxylation sites is 1. The van der Waals surface area contributed by atoms with Crippen LogP contribution in [-0.2, 0) is 6.54 Å². The number of thiazole rings is 1. The Morgan fingerprint density at radius 3 is 2.94 bits per heavy atom. The third-order valence-electron chi connectivity index (χ3n) is 2.53. The largest absolute Gasteiger partial charge is 0.364 e. The van der Waals surface area contributed by atoms with Gasteiger partial charge >= 0.3 is 0 Å². The van der Waals surface area contributed by atoms with Gasteiger partial charge in [-0.05, 0) is 18.2 Å². The normalized spacial score (nSPS) is 10.6. The summed E-state index contributed by atoms with van der Waals surface area (Å²) in [6, 6.07) is 12.2. The monoisotopic (exact) mass is 241 g/mol. The molecule has 17 heavy (non-hydrogen) atoms. The van der Waals surface area contributed by atoms with Gasteiger partial charge in [-0.15, -0.1) is 11.3 Å². The van der Waals surface area contributed by atoms with Crippen LogP contribution in [0, 0.1) is 0 Å². The van der Waals surface area contributed by atoms with Crippen LogP contribution in [0.4, 0.5) is 5.82 Å². The van der Waals surface area contributed by atoms with Gasteiger partial charge in [0.15, 0.2) is 0 Å². The topological polar surface area (TPSA) is 37.8 Å². The maximum atomic E-state index is 4.54. The standard InChI is InChI=1S/C13H11N3S/c1-2-4-12-10(3-1)5-6-13(16-12)14-7-11-8-17-9-15-11/h1-6,8-9H,7H2,(H,14,16). The molecule has 0 bridgehead atoms. The lowest BCUT2D eigenvalue weighted by atomic mass is 10.2. The summed E-state index contributed by atoms with van der Waals surface area (Å²) < 4.78 is 0. The molecule has 1 N–H and O–H groups in total. The summed E-state index contributed by atoms with van der Waals surface area (Å²) in [7, 11) is 0. The maximum Gasteiger partial charge on any atom is 0.126 e. The third-order valence-corrected chi connectivity index (χ3v) is 3.17. The molecule has 0 aliphatic heterocycles. The Labute approximate surface area is 103 Å². The fourth-order valence-corrected chi connectivity index (χ4v) is 2.23. The van der Waals surface area contributed by atoms with Crippen LogP contribution in [0.5, 0.6) is 0 Å². The SMILES string of the molecule is c1ccc2nc(NCc3cscn3)ccc2c1. The number of hydrogen-bond acceptors (Lipinski definition) is 4.